The molecule has 1 aromatic carbocycles. The SMILES string of the molecule is CN=C(N=C(C)c1cc(C)n(Cc2ccnc(N3CCC(N)CC3)c2)n1)c1ccc(OC(F)(F)F)cc1. The summed E-state index contributed by atoms with van der Waals surface area (Å²) in [5.74, 6) is 1.02. The van der Waals surface area contributed by atoms with Crippen molar-refractivity contribution < 1.29 is 17.9 Å². The van der Waals surface area contributed by atoms with Crippen molar-refractivity contribution in [2.45, 2.75) is 45.6 Å². The van der Waals surface area contributed by atoms with Gasteiger partial charge in [-0.3, -0.25) is 9.67 Å². The maximum absolute atomic E-state index is 12.4. The average Bonchev–Trinajstić information content (AvgIpc) is 3.23. The van der Waals surface area contributed by atoms with E-state index in [1.54, 1.807) is 7.05 Å². The molecule has 4 rings (SSSR count). The van der Waals surface area contributed by atoms with E-state index in [0.29, 0.717) is 29.3 Å². The number of ether oxygens (including phenoxy) is 1. The number of nitrogens with two attached hydrogens (primary N) is 1. The van der Waals surface area contributed by atoms with Crippen LogP contribution in [0.3, 0.4) is 0 Å². The lowest BCUT2D eigenvalue weighted by Crippen LogP contribution is -2.40. The molecule has 37 heavy (non-hydrogen) atoms. The lowest BCUT2D eigenvalue weighted by Gasteiger charge is -2.31. The second kappa shape index (κ2) is 11.1. The number of hydrogen-bond acceptors (Lipinski definition) is 6. The molecule has 0 saturated carbocycles. The Bertz CT molecular complexity index is 1270. The van der Waals surface area contributed by atoms with Gasteiger partial charge in [0.05, 0.1) is 12.3 Å². The fourth-order valence-corrected chi connectivity index (χ4v) is 4.15. The minimum Gasteiger partial charge on any atom is -0.406 e. The Morgan fingerprint density at radius 1 is 1.14 bits per heavy atom. The largest absolute Gasteiger partial charge is 0.573 e. The van der Waals surface area contributed by atoms with Crippen LogP contribution in [0.4, 0.5) is 19.0 Å². The highest BCUT2D eigenvalue weighted by Gasteiger charge is 2.31. The summed E-state index contributed by atoms with van der Waals surface area (Å²) in [7, 11) is 1.58. The Morgan fingerprint density at radius 3 is 2.49 bits per heavy atom. The Labute approximate surface area is 213 Å². The van der Waals surface area contributed by atoms with Gasteiger partial charge in [-0.15, -0.1) is 13.2 Å². The highest BCUT2D eigenvalue weighted by Crippen LogP contribution is 2.23. The fourth-order valence-electron chi connectivity index (χ4n) is 4.15. The van der Waals surface area contributed by atoms with Crippen molar-refractivity contribution >= 4 is 17.4 Å². The van der Waals surface area contributed by atoms with Crippen molar-refractivity contribution in [3.63, 3.8) is 0 Å². The Morgan fingerprint density at radius 2 is 1.84 bits per heavy atom. The van der Waals surface area contributed by atoms with Gasteiger partial charge in [0.1, 0.15) is 17.3 Å². The number of halogens is 3. The summed E-state index contributed by atoms with van der Waals surface area (Å²) < 4.78 is 43.1. The van der Waals surface area contributed by atoms with E-state index in [4.69, 9.17) is 10.8 Å². The van der Waals surface area contributed by atoms with Crippen LogP contribution in [-0.2, 0) is 6.54 Å². The number of pyridine rings is 1. The van der Waals surface area contributed by atoms with Crippen LogP contribution in [0.25, 0.3) is 0 Å². The van der Waals surface area contributed by atoms with Crippen molar-refractivity contribution in [3.8, 4) is 5.75 Å². The molecule has 0 bridgehead atoms. The molecule has 1 aliphatic heterocycles. The smallest absolute Gasteiger partial charge is 0.406 e. The summed E-state index contributed by atoms with van der Waals surface area (Å²) in [5, 5.41) is 4.73. The second-order valence-electron chi connectivity index (χ2n) is 8.99. The second-order valence-corrected chi connectivity index (χ2v) is 8.99. The summed E-state index contributed by atoms with van der Waals surface area (Å²) in [5.41, 5.74) is 9.98. The number of nitrogens with zero attached hydrogens (tertiary/aromatic N) is 6. The quantitative estimate of drug-likeness (QED) is 0.391. The number of anilines is 1. The van der Waals surface area contributed by atoms with Crippen LogP contribution in [0.1, 0.15) is 42.3 Å². The van der Waals surface area contributed by atoms with Gasteiger partial charge < -0.3 is 15.4 Å². The summed E-state index contributed by atoms with van der Waals surface area (Å²) in [6.45, 7) is 6.18. The lowest BCUT2D eigenvalue weighted by atomic mass is 10.1. The zero-order valence-electron chi connectivity index (χ0n) is 21.0. The predicted octanol–water partition coefficient (Wildman–Crippen LogP) is 4.35. The lowest BCUT2D eigenvalue weighted by molar-refractivity contribution is -0.274. The summed E-state index contributed by atoms with van der Waals surface area (Å²) >= 11 is 0. The van der Waals surface area contributed by atoms with Gasteiger partial charge in [-0.05, 0) is 74.7 Å². The minimum atomic E-state index is -4.74. The van der Waals surface area contributed by atoms with E-state index in [0.717, 1.165) is 43.0 Å². The molecule has 11 heteroatoms. The van der Waals surface area contributed by atoms with E-state index in [-0.39, 0.29) is 11.8 Å². The number of hydrogen-bond donors (Lipinski definition) is 1. The van der Waals surface area contributed by atoms with E-state index in [1.807, 2.05) is 36.9 Å². The first-order chi connectivity index (χ1) is 17.6. The number of aryl methyl sites for hydroxylation is 1. The van der Waals surface area contributed by atoms with Crippen LogP contribution in [0.2, 0.25) is 0 Å². The molecule has 2 aromatic heterocycles. The molecule has 1 saturated heterocycles. The van der Waals surface area contributed by atoms with Crippen molar-refractivity contribution in [1.82, 2.24) is 14.8 Å². The van der Waals surface area contributed by atoms with E-state index in [9.17, 15) is 13.2 Å². The number of benzene rings is 1. The molecule has 0 radical (unpaired) electrons. The maximum Gasteiger partial charge on any atom is 0.573 e. The van der Waals surface area contributed by atoms with Crippen LogP contribution in [0.5, 0.6) is 5.75 Å². The van der Waals surface area contributed by atoms with E-state index >= 15 is 0 Å². The molecule has 3 heterocycles. The number of amidine groups is 1. The van der Waals surface area contributed by atoms with Crippen LogP contribution >= 0.6 is 0 Å². The van der Waals surface area contributed by atoms with Gasteiger partial charge in [0, 0.05) is 43.6 Å². The summed E-state index contributed by atoms with van der Waals surface area (Å²) in [6, 6.07) is 11.7. The van der Waals surface area contributed by atoms with Crippen molar-refractivity contribution in [3.05, 3.63) is 71.2 Å². The molecule has 0 amide bonds. The molecule has 0 aliphatic carbocycles. The van der Waals surface area contributed by atoms with Gasteiger partial charge in [0.15, 0.2) is 5.84 Å². The van der Waals surface area contributed by atoms with Crippen LogP contribution in [-0.4, -0.2) is 58.9 Å². The summed E-state index contributed by atoms with van der Waals surface area (Å²) in [6.07, 6.45) is -1.00. The van der Waals surface area contributed by atoms with Gasteiger partial charge in [-0.25, -0.2) is 9.98 Å². The maximum atomic E-state index is 12.4. The number of aliphatic imine (C=N–C) groups is 2. The molecule has 8 nitrogen and oxygen atoms in total. The molecular weight excluding hydrogens is 483 g/mol. The van der Waals surface area contributed by atoms with Crippen LogP contribution in [0, 0.1) is 6.92 Å². The molecule has 0 atom stereocenters. The zero-order chi connectivity index (χ0) is 26.6. The first-order valence-electron chi connectivity index (χ1n) is 12.0. The first kappa shape index (κ1) is 26.3. The standard InChI is InChI=1S/C26H30F3N7O/c1-17-14-23(18(2)33-25(31-3)20-4-6-22(7-5-20)37-26(27,28)29)34-36(17)16-19-8-11-32-24(15-19)35-12-9-21(30)10-13-35/h4-8,11,14-15,21H,9-10,12-13,16,30H2,1-3H3. The number of alkyl halides is 3. The highest BCUT2D eigenvalue weighted by molar-refractivity contribution is 6.10. The number of piperidine rings is 1. The topological polar surface area (TPSA) is 93.9 Å². The minimum absolute atomic E-state index is 0.260. The molecule has 196 valence electrons. The van der Waals surface area contributed by atoms with E-state index in [1.165, 1.54) is 24.3 Å². The van der Waals surface area contributed by atoms with Gasteiger partial charge >= 0.3 is 6.36 Å². The monoisotopic (exact) mass is 513 g/mol. The van der Waals surface area contributed by atoms with Crippen molar-refractivity contribution in [1.29, 1.82) is 0 Å². The molecule has 3 aromatic rings. The Hall–Kier alpha value is -3.73. The normalized spacial score (nSPS) is 15.8. The fraction of sp³-hybridized carbons (Fsp3) is 0.385. The van der Waals surface area contributed by atoms with Crippen molar-refractivity contribution in [2.75, 3.05) is 25.0 Å². The zero-order valence-corrected chi connectivity index (χ0v) is 21.0. The average molecular weight is 514 g/mol. The third kappa shape index (κ3) is 6.94. The molecule has 0 spiro atoms. The molecular formula is C26H30F3N7O. The third-order valence-corrected chi connectivity index (χ3v) is 6.19. The van der Waals surface area contributed by atoms with Crippen molar-refractivity contribution in [2.24, 2.45) is 15.7 Å². The highest BCUT2D eigenvalue weighted by atomic mass is 19.4. The predicted molar refractivity (Wildman–Crippen MR) is 138 cm³/mol. The first-order valence-corrected chi connectivity index (χ1v) is 12.0. The van der Waals surface area contributed by atoms with Gasteiger partial charge in [0.25, 0.3) is 0 Å². The Kier molecular flexibility index (Phi) is 7.91. The number of rotatable bonds is 6. The third-order valence-electron chi connectivity index (χ3n) is 6.19. The van der Waals surface area contributed by atoms with Crippen LogP contribution < -0.4 is 15.4 Å². The molecule has 1 aliphatic rings. The Balaban J connectivity index is 1.48. The molecule has 0 unspecified atom stereocenters. The van der Waals surface area contributed by atoms with E-state index in [2.05, 4.69) is 30.7 Å². The number of aromatic nitrogens is 3. The molecule has 2 N–H and O–H groups in total. The van der Waals surface area contributed by atoms with Gasteiger partial charge in [0.2, 0.25) is 0 Å². The summed E-state index contributed by atoms with van der Waals surface area (Å²) in [4.78, 5) is 15.6. The molecule has 1 fully saturated rings. The van der Waals surface area contributed by atoms with E-state index < -0.39 is 6.36 Å². The van der Waals surface area contributed by atoms with Gasteiger partial charge in [-0.2, -0.15) is 5.10 Å². The van der Waals surface area contributed by atoms with Crippen LogP contribution in [0.15, 0.2) is 58.6 Å². The van der Waals surface area contributed by atoms with Gasteiger partial charge in [-0.1, -0.05) is 0 Å².